The molecule has 1 amide bonds. The SMILES string of the molecule is COc1cccc(NC(=O)c2sc3nc4c(cc3c2N)CCCC4)c1C. The largest absolute Gasteiger partial charge is 0.496 e. The van der Waals surface area contributed by atoms with Gasteiger partial charge in [0, 0.05) is 22.3 Å². The first-order valence-electron chi connectivity index (χ1n) is 8.74. The van der Waals surface area contributed by atoms with E-state index >= 15 is 0 Å². The van der Waals surface area contributed by atoms with Crippen molar-refractivity contribution in [3.05, 3.63) is 46.0 Å². The van der Waals surface area contributed by atoms with Crippen molar-refractivity contribution in [1.29, 1.82) is 0 Å². The molecule has 0 unspecified atom stereocenters. The maximum atomic E-state index is 12.8. The number of anilines is 2. The van der Waals surface area contributed by atoms with Crippen LogP contribution in [-0.2, 0) is 12.8 Å². The second-order valence-electron chi connectivity index (χ2n) is 6.59. The van der Waals surface area contributed by atoms with Crippen LogP contribution in [0.4, 0.5) is 11.4 Å². The third-order valence-electron chi connectivity index (χ3n) is 4.96. The van der Waals surface area contributed by atoms with Crippen molar-refractivity contribution in [2.45, 2.75) is 32.6 Å². The second-order valence-corrected chi connectivity index (χ2v) is 7.58. The highest BCUT2D eigenvalue weighted by molar-refractivity contribution is 7.21. The molecule has 2 heterocycles. The Labute approximate surface area is 156 Å². The zero-order valence-corrected chi connectivity index (χ0v) is 15.7. The molecule has 2 aromatic heterocycles. The Bertz CT molecular complexity index is 1010. The first kappa shape index (κ1) is 16.8. The van der Waals surface area contributed by atoms with E-state index in [-0.39, 0.29) is 5.91 Å². The Balaban J connectivity index is 1.70. The number of benzene rings is 1. The van der Waals surface area contributed by atoms with Gasteiger partial charge in [0.2, 0.25) is 0 Å². The molecule has 5 nitrogen and oxygen atoms in total. The van der Waals surface area contributed by atoms with E-state index in [4.69, 9.17) is 15.5 Å². The quantitative estimate of drug-likeness (QED) is 0.722. The highest BCUT2D eigenvalue weighted by atomic mass is 32.1. The normalized spacial score (nSPS) is 13.5. The number of ether oxygens (including phenoxy) is 1. The van der Waals surface area contributed by atoms with Gasteiger partial charge in [-0.15, -0.1) is 11.3 Å². The van der Waals surface area contributed by atoms with Gasteiger partial charge >= 0.3 is 0 Å². The molecule has 26 heavy (non-hydrogen) atoms. The number of amides is 1. The minimum atomic E-state index is -0.208. The molecule has 1 aromatic carbocycles. The van der Waals surface area contributed by atoms with E-state index in [1.54, 1.807) is 7.11 Å². The smallest absolute Gasteiger partial charge is 0.267 e. The molecule has 1 aliphatic carbocycles. The number of fused-ring (bicyclic) bond motifs is 2. The molecule has 4 rings (SSSR count). The molecule has 134 valence electrons. The molecule has 0 spiro atoms. The molecule has 0 atom stereocenters. The fourth-order valence-corrected chi connectivity index (χ4v) is 4.47. The summed E-state index contributed by atoms with van der Waals surface area (Å²) in [6, 6.07) is 7.70. The van der Waals surface area contributed by atoms with Gasteiger partial charge in [-0.1, -0.05) is 6.07 Å². The average molecular weight is 367 g/mol. The number of carbonyl (C=O) groups excluding carboxylic acids is 1. The Morgan fingerprint density at radius 3 is 2.92 bits per heavy atom. The second kappa shape index (κ2) is 6.61. The number of pyridine rings is 1. The van der Waals surface area contributed by atoms with Gasteiger partial charge in [-0.05, 0) is 56.4 Å². The van der Waals surface area contributed by atoms with E-state index in [1.165, 1.54) is 29.7 Å². The van der Waals surface area contributed by atoms with E-state index in [1.807, 2.05) is 25.1 Å². The fourth-order valence-electron chi connectivity index (χ4n) is 3.48. The maximum Gasteiger partial charge on any atom is 0.267 e. The summed E-state index contributed by atoms with van der Waals surface area (Å²) < 4.78 is 5.32. The summed E-state index contributed by atoms with van der Waals surface area (Å²) in [5, 5.41) is 3.85. The number of nitrogens with one attached hydrogen (secondary N) is 1. The highest BCUT2D eigenvalue weighted by Gasteiger charge is 2.21. The van der Waals surface area contributed by atoms with Gasteiger partial charge in [-0.2, -0.15) is 0 Å². The number of thiophene rings is 1. The van der Waals surface area contributed by atoms with Gasteiger partial charge in [0.1, 0.15) is 15.5 Å². The number of hydrogen-bond donors (Lipinski definition) is 2. The van der Waals surface area contributed by atoms with Crippen LogP contribution in [0.25, 0.3) is 10.2 Å². The van der Waals surface area contributed by atoms with Gasteiger partial charge in [0.15, 0.2) is 0 Å². The van der Waals surface area contributed by atoms with Gasteiger partial charge in [0.25, 0.3) is 5.91 Å². The molecule has 6 heteroatoms. The summed E-state index contributed by atoms with van der Waals surface area (Å²) in [6.45, 7) is 1.92. The van der Waals surface area contributed by atoms with Crippen LogP contribution in [0.5, 0.6) is 5.75 Å². The number of methoxy groups -OCH3 is 1. The zero-order chi connectivity index (χ0) is 18.3. The van der Waals surface area contributed by atoms with Crippen molar-refractivity contribution < 1.29 is 9.53 Å². The van der Waals surface area contributed by atoms with Crippen LogP contribution in [0, 0.1) is 6.92 Å². The van der Waals surface area contributed by atoms with E-state index in [0.29, 0.717) is 10.6 Å². The molecule has 1 aliphatic rings. The molecule has 3 N–H and O–H groups in total. The van der Waals surface area contributed by atoms with Crippen LogP contribution in [0.2, 0.25) is 0 Å². The Hall–Kier alpha value is -2.60. The van der Waals surface area contributed by atoms with Crippen LogP contribution in [0.15, 0.2) is 24.3 Å². The first-order chi connectivity index (χ1) is 12.6. The van der Waals surface area contributed by atoms with Crippen LogP contribution >= 0.6 is 11.3 Å². The van der Waals surface area contributed by atoms with E-state index < -0.39 is 0 Å². The molecular weight excluding hydrogens is 346 g/mol. The lowest BCUT2D eigenvalue weighted by Gasteiger charge is -2.14. The summed E-state index contributed by atoms with van der Waals surface area (Å²) in [5.41, 5.74) is 10.9. The number of nitrogen functional groups attached to an aromatic ring is 1. The zero-order valence-electron chi connectivity index (χ0n) is 14.9. The molecule has 0 aliphatic heterocycles. The Kier molecular flexibility index (Phi) is 4.28. The third-order valence-corrected chi connectivity index (χ3v) is 6.07. The number of hydrogen-bond acceptors (Lipinski definition) is 5. The summed E-state index contributed by atoms with van der Waals surface area (Å²) in [6.07, 6.45) is 4.41. The van der Waals surface area contributed by atoms with Crippen molar-refractivity contribution in [1.82, 2.24) is 4.98 Å². The molecule has 0 saturated carbocycles. The van der Waals surface area contributed by atoms with Crippen molar-refractivity contribution in [3.8, 4) is 5.75 Å². The lowest BCUT2D eigenvalue weighted by Crippen LogP contribution is -2.13. The molecule has 0 fully saturated rings. The standard InChI is InChI=1S/C20H21N3O2S/c1-11-14(8-5-9-16(11)25-2)22-19(24)18-17(21)13-10-12-6-3-4-7-15(12)23-20(13)26-18/h5,8-10H,3-4,6-7,21H2,1-2H3,(H,22,24). The van der Waals surface area contributed by atoms with Crippen LogP contribution < -0.4 is 15.8 Å². The fraction of sp³-hybridized carbons (Fsp3) is 0.300. The molecular formula is C20H21N3O2S. The number of aromatic nitrogens is 1. The number of nitrogens with two attached hydrogens (primary N) is 1. The molecule has 0 radical (unpaired) electrons. The highest BCUT2D eigenvalue weighted by Crippen LogP contribution is 2.36. The third kappa shape index (κ3) is 2.80. The van der Waals surface area contributed by atoms with Gasteiger partial charge in [0.05, 0.1) is 12.8 Å². The van der Waals surface area contributed by atoms with Crippen LogP contribution in [0.1, 0.15) is 39.3 Å². The lowest BCUT2D eigenvalue weighted by molar-refractivity contribution is 0.103. The lowest BCUT2D eigenvalue weighted by atomic mass is 9.95. The van der Waals surface area contributed by atoms with Gasteiger partial charge in [-0.25, -0.2) is 4.98 Å². The summed E-state index contributed by atoms with van der Waals surface area (Å²) >= 11 is 1.36. The van der Waals surface area contributed by atoms with E-state index in [0.717, 1.165) is 45.8 Å². The maximum absolute atomic E-state index is 12.8. The Morgan fingerprint density at radius 2 is 2.12 bits per heavy atom. The summed E-state index contributed by atoms with van der Waals surface area (Å²) in [5.74, 6) is 0.529. The van der Waals surface area contributed by atoms with Crippen molar-refractivity contribution in [2.75, 3.05) is 18.2 Å². The van der Waals surface area contributed by atoms with Crippen molar-refractivity contribution in [2.24, 2.45) is 0 Å². The Morgan fingerprint density at radius 1 is 1.31 bits per heavy atom. The first-order valence-corrected chi connectivity index (χ1v) is 9.56. The van der Waals surface area contributed by atoms with E-state index in [9.17, 15) is 4.79 Å². The number of rotatable bonds is 3. The van der Waals surface area contributed by atoms with E-state index in [2.05, 4.69) is 11.4 Å². The minimum absolute atomic E-state index is 0.208. The number of carbonyl (C=O) groups is 1. The van der Waals surface area contributed by atoms with Crippen LogP contribution in [0.3, 0.4) is 0 Å². The number of aryl methyl sites for hydroxylation is 2. The number of nitrogens with zero attached hydrogens (tertiary/aromatic N) is 1. The topological polar surface area (TPSA) is 77.2 Å². The minimum Gasteiger partial charge on any atom is -0.496 e. The molecule has 0 saturated heterocycles. The molecule has 0 bridgehead atoms. The average Bonchev–Trinajstić information content (AvgIpc) is 2.97. The summed E-state index contributed by atoms with van der Waals surface area (Å²) in [4.78, 5) is 19.0. The monoisotopic (exact) mass is 367 g/mol. The van der Waals surface area contributed by atoms with Crippen LogP contribution in [-0.4, -0.2) is 18.0 Å². The van der Waals surface area contributed by atoms with Gasteiger partial charge < -0.3 is 15.8 Å². The predicted octanol–water partition coefficient (Wildman–Crippen LogP) is 4.33. The predicted molar refractivity (Wildman–Crippen MR) is 106 cm³/mol. The molecule has 3 aromatic rings. The van der Waals surface area contributed by atoms with Gasteiger partial charge in [-0.3, -0.25) is 4.79 Å². The van der Waals surface area contributed by atoms with Crippen molar-refractivity contribution >= 4 is 38.8 Å². The van der Waals surface area contributed by atoms with Crippen molar-refractivity contribution in [3.63, 3.8) is 0 Å². The summed E-state index contributed by atoms with van der Waals surface area (Å²) in [7, 11) is 1.62.